The molecule has 2 atom stereocenters. The number of hydrogen-bond donors (Lipinski definition) is 1. The van der Waals surface area contributed by atoms with Crippen LogP contribution in [0.15, 0.2) is 0 Å². The van der Waals surface area contributed by atoms with Crippen LogP contribution in [0.5, 0.6) is 0 Å². The third-order valence-corrected chi connectivity index (χ3v) is 3.58. The van der Waals surface area contributed by atoms with Crippen LogP contribution in [-0.4, -0.2) is 11.1 Å². The highest BCUT2D eigenvalue weighted by Crippen LogP contribution is 2.43. The highest BCUT2D eigenvalue weighted by molar-refractivity contribution is 7.15. The molecular weight excluding hydrogens is 172 g/mol. The molecule has 3 heterocycles. The minimum Gasteiger partial charge on any atom is -0.375 e. The van der Waals surface area contributed by atoms with Crippen molar-refractivity contribution in [3.63, 3.8) is 0 Å². The average molecular weight is 182 g/mol. The zero-order valence-corrected chi connectivity index (χ0v) is 7.43. The molecule has 12 heavy (non-hydrogen) atoms. The molecule has 2 aliphatic rings. The van der Waals surface area contributed by atoms with Gasteiger partial charge in [0.05, 0.1) is 22.8 Å². The fourth-order valence-corrected chi connectivity index (χ4v) is 2.98. The van der Waals surface area contributed by atoms with Gasteiger partial charge in [-0.05, 0) is 12.8 Å². The van der Waals surface area contributed by atoms with E-state index in [1.165, 1.54) is 17.0 Å². The second-order valence-electron chi connectivity index (χ2n) is 3.39. The Kier molecular flexibility index (Phi) is 1.26. The second-order valence-corrected chi connectivity index (χ2v) is 4.45. The van der Waals surface area contributed by atoms with Crippen molar-refractivity contribution in [3.8, 4) is 0 Å². The van der Waals surface area contributed by atoms with Crippen molar-refractivity contribution in [2.75, 3.05) is 5.73 Å². The van der Waals surface area contributed by atoms with E-state index in [1.807, 2.05) is 0 Å². The van der Waals surface area contributed by atoms with Crippen LogP contribution >= 0.6 is 11.3 Å². The predicted molar refractivity (Wildman–Crippen MR) is 47.1 cm³/mol. The van der Waals surface area contributed by atoms with Crippen LogP contribution in [0.25, 0.3) is 0 Å². The Morgan fingerprint density at radius 1 is 1.50 bits per heavy atom. The molecule has 3 nitrogen and oxygen atoms in total. The normalized spacial score (nSPS) is 32.0. The van der Waals surface area contributed by atoms with E-state index in [0.717, 1.165) is 12.8 Å². The predicted octanol–water partition coefficient (Wildman–Crippen LogP) is 1.50. The maximum absolute atomic E-state index is 5.75. The summed E-state index contributed by atoms with van der Waals surface area (Å²) in [6, 6.07) is 0. The van der Waals surface area contributed by atoms with Crippen LogP contribution in [0.1, 0.15) is 29.5 Å². The van der Waals surface area contributed by atoms with E-state index in [-0.39, 0.29) is 0 Å². The lowest BCUT2D eigenvalue weighted by Crippen LogP contribution is -2.16. The molecule has 1 fully saturated rings. The fraction of sp³-hybridized carbons (Fsp3) is 0.625. The first-order chi connectivity index (χ1) is 5.83. The summed E-state index contributed by atoms with van der Waals surface area (Å²) in [5, 5.41) is 0.691. The number of aromatic nitrogens is 1. The topological polar surface area (TPSA) is 48.1 Å². The van der Waals surface area contributed by atoms with Crippen molar-refractivity contribution in [2.45, 2.75) is 31.5 Å². The van der Waals surface area contributed by atoms with Gasteiger partial charge in [0.15, 0.2) is 5.13 Å². The minimum absolute atomic E-state index is 0.313. The molecule has 64 valence electrons. The number of hydrogen-bond acceptors (Lipinski definition) is 4. The van der Waals surface area contributed by atoms with E-state index < -0.39 is 0 Å². The number of thiazole rings is 1. The second kappa shape index (κ2) is 2.20. The largest absolute Gasteiger partial charge is 0.375 e. The van der Waals surface area contributed by atoms with E-state index in [1.54, 1.807) is 11.3 Å². The molecular formula is C8H10N2OS. The monoisotopic (exact) mass is 182 g/mol. The number of nitrogens with two attached hydrogens (primary N) is 1. The molecule has 0 aliphatic carbocycles. The molecule has 2 N–H and O–H groups in total. The quantitative estimate of drug-likeness (QED) is 0.661. The first kappa shape index (κ1) is 6.86. The number of nitrogens with zero attached hydrogens (tertiary/aromatic N) is 1. The molecule has 0 spiro atoms. The molecule has 0 amide bonds. The summed E-state index contributed by atoms with van der Waals surface area (Å²) >= 11 is 1.59. The highest BCUT2D eigenvalue weighted by atomic mass is 32.1. The van der Waals surface area contributed by atoms with Gasteiger partial charge in [-0.15, -0.1) is 0 Å². The van der Waals surface area contributed by atoms with E-state index in [0.29, 0.717) is 17.3 Å². The van der Waals surface area contributed by atoms with E-state index in [9.17, 15) is 0 Å². The summed E-state index contributed by atoms with van der Waals surface area (Å²) < 4.78 is 5.75. The smallest absolute Gasteiger partial charge is 0.180 e. The van der Waals surface area contributed by atoms with Crippen molar-refractivity contribution in [1.82, 2.24) is 4.98 Å². The summed E-state index contributed by atoms with van der Waals surface area (Å²) in [5.74, 6) is 0. The molecule has 4 heteroatoms. The molecule has 0 radical (unpaired) electrons. The molecule has 2 bridgehead atoms. The molecule has 2 unspecified atom stereocenters. The molecule has 0 saturated carbocycles. The lowest BCUT2D eigenvalue weighted by molar-refractivity contribution is 0.0339. The van der Waals surface area contributed by atoms with Crippen LogP contribution in [0, 0.1) is 0 Å². The molecule has 1 saturated heterocycles. The number of anilines is 1. The zero-order chi connectivity index (χ0) is 8.13. The maximum atomic E-state index is 5.75. The van der Waals surface area contributed by atoms with Crippen molar-refractivity contribution in [3.05, 3.63) is 10.6 Å². The van der Waals surface area contributed by atoms with Crippen LogP contribution in [0.4, 0.5) is 5.13 Å². The van der Waals surface area contributed by atoms with E-state index in [2.05, 4.69) is 4.98 Å². The van der Waals surface area contributed by atoms with Gasteiger partial charge in [0.25, 0.3) is 0 Å². The van der Waals surface area contributed by atoms with Gasteiger partial charge in [0.2, 0.25) is 0 Å². The first-order valence-electron chi connectivity index (χ1n) is 4.23. The zero-order valence-electron chi connectivity index (χ0n) is 6.62. The standard InChI is InChI=1S/C8H10N2OS/c9-8-10-5-3-4-1-2-6(11-4)7(5)12-8/h4,6H,1-3H2,(H2,9,10). The molecule has 1 aromatic heterocycles. The third-order valence-electron chi connectivity index (χ3n) is 2.57. The Balaban J connectivity index is 2.11. The lowest BCUT2D eigenvalue weighted by atomic mass is 10.1. The highest BCUT2D eigenvalue weighted by Gasteiger charge is 2.35. The van der Waals surface area contributed by atoms with Crippen LogP contribution in [-0.2, 0) is 11.2 Å². The Hall–Kier alpha value is -0.610. The van der Waals surface area contributed by atoms with Crippen molar-refractivity contribution < 1.29 is 4.74 Å². The van der Waals surface area contributed by atoms with Crippen molar-refractivity contribution >= 4 is 16.5 Å². The SMILES string of the molecule is Nc1nc2c(s1)C1CCC(C2)O1. The average Bonchev–Trinajstić information content (AvgIpc) is 2.57. The number of fused-ring (bicyclic) bond motifs is 4. The van der Waals surface area contributed by atoms with E-state index >= 15 is 0 Å². The third kappa shape index (κ3) is 0.820. The van der Waals surface area contributed by atoms with Crippen LogP contribution in [0.3, 0.4) is 0 Å². The van der Waals surface area contributed by atoms with Crippen molar-refractivity contribution in [2.24, 2.45) is 0 Å². The summed E-state index contributed by atoms with van der Waals surface area (Å²) in [6.07, 6.45) is 4.05. The molecule has 3 rings (SSSR count). The van der Waals surface area contributed by atoms with Gasteiger partial charge in [-0.2, -0.15) is 0 Å². The van der Waals surface area contributed by atoms with E-state index in [4.69, 9.17) is 10.5 Å². The summed E-state index contributed by atoms with van der Waals surface area (Å²) in [4.78, 5) is 5.59. The van der Waals surface area contributed by atoms with Gasteiger partial charge < -0.3 is 10.5 Å². The number of rotatable bonds is 0. The van der Waals surface area contributed by atoms with Crippen LogP contribution in [0.2, 0.25) is 0 Å². The van der Waals surface area contributed by atoms with Gasteiger partial charge >= 0.3 is 0 Å². The molecule has 0 aromatic carbocycles. The Morgan fingerprint density at radius 3 is 3.33 bits per heavy atom. The molecule has 1 aromatic rings. The molecule has 2 aliphatic heterocycles. The Labute approximate surface area is 74.6 Å². The Bertz CT molecular complexity index is 323. The number of nitrogen functional groups attached to an aromatic ring is 1. The van der Waals surface area contributed by atoms with Gasteiger partial charge in [0, 0.05) is 6.42 Å². The summed E-state index contributed by atoms with van der Waals surface area (Å²) in [7, 11) is 0. The summed E-state index contributed by atoms with van der Waals surface area (Å²) in [5.41, 5.74) is 6.83. The minimum atomic E-state index is 0.313. The lowest BCUT2D eigenvalue weighted by Gasteiger charge is -2.18. The van der Waals surface area contributed by atoms with Gasteiger partial charge in [-0.3, -0.25) is 0 Å². The fourth-order valence-electron chi connectivity index (χ4n) is 2.04. The van der Waals surface area contributed by atoms with Crippen LogP contribution < -0.4 is 5.73 Å². The van der Waals surface area contributed by atoms with Gasteiger partial charge in [-0.25, -0.2) is 4.98 Å². The van der Waals surface area contributed by atoms with Gasteiger partial charge in [0.1, 0.15) is 0 Å². The first-order valence-corrected chi connectivity index (χ1v) is 5.05. The summed E-state index contributed by atoms with van der Waals surface area (Å²) in [6.45, 7) is 0. The maximum Gasteiger partial charge on any atom is 0.180 e. The van der Waals surface area contributed by atoms with Gasteiger partial charge in [-0.1, -0.05) is 11.3 Å². The van der Waals surface area contributed by atoms with Crippen molar-refractivity contribution in [1.29, 1.82) is 0 Å². The Morgan fingerprint density at radius 2 is 2.42 bits per heavy atom. The number of ether oxygens (including phenoxy) is 1.